The molecule has 10 rings (SSSR count). The van der Waals surface area contributed by atoms with Crippen LogP contribution in [-0.4, -0.2) is 15.0 Å². The summed E-state index contributed by atoms with van der Waals surface area (Å²) in [5.74, 6) is 1.77. The predicted molar refractivity (Wildman–Crippen MR) is 214 cm³/mol. The Balaban J connectivity index is 1.15. The SMILES string of the molecule is N#Cc1ccc(-c2ccc(-c3cccc(-c4nc(-c5ccc6ccccc6c5)nc(-c5cccc6oc7ccccc7c56)n4)c3)c3ccccc23)cc1. The van der Waals surface area contributed by atoms with Crippen LogP contribution < -0.4 is 0 Å². The van der Waals surface area contributed by atoms with Gasteiger partial charge in [0.05, 0.1) is 11.6 Å². The lowest BCUT2D eigenvalue weighted by molar-refractivity contribution is 0.669. The summed E-state index contributed by atoms with van der Waals surface area (Å²) < 4.78 is 6.26. The van der Waals surface area contributed by atoms with Gasteiger partial charge in [0.2, 0.25) is 0 Å². The molecular weight excluding hydrogens is 649 g/mol. The maximum absolute atomic E-state index is 9.33. The molecule has 0 fully saturated rings. The minimum Gasteiger partial charge on any atom is -0.456 e. The predicted octanol–water partition coefficient (Wildman–Crippen LogP) is 12.3. The highest BCUT2D eigenvalue weighted by Gasteiger charge is 2.19. The van der Waals surface area contributed by atoms with Crippen LogP contribution in [0.2, 0.25) is 0 Å². The zero-order valence-electron chi connectivity index (χ0n) is 28.4. The van der Waals surface area contributed by atoms with Crippen LogP contribution in [0.25, 0.3) is 99.9 Å². The summed E-state index contributed by atoms with van der Waals surface area (Å²) in [6, 6.07) is 60.0. The van der Waals surface area contributed by atoms with Crippen LogP contribution in [0.1, 0.15) is 5.56 Å². The number of nitrogens with zero attached hydrogens (tertiary/aromatic N) is 4. The first-order valence-corrected chi connectivity index (χ1v) is 17.5. The van der Waals surface area contributed by atoms with Gasteiger partial charge in [-0.05, 0) is 80.2 Å². The first-order chi connectivity index (χ1) is 26.2. The molecule has 0 bridgehead atoms. The molecule has 0 aliphatic rings. The molecule has 53 heavy (non-hydrogen) atoms. The van der Waals surface area contributed by atoms with Crippen LogP contribution in [0, 0.1) is 11.3 Å². The van der Waals surface area contributed by atoms with Gasteiger partial charge >= 0.3 is 0 Å². The van der Waals surface area contributed by atoms with Gasteiger partial charge in [0.1, 0.15) is 11.2 Å². The first-order valence-electron chi connectivity index (χ1n) is 17.5. The number of aromatic nitrogens is 3. The zero-order valence-corrected chi connectivity index (χ0v) is 28.4. The van der Waals surface area contributed by atoms with Crippen molar-refractivity contribution in [3.8, 4) is 62.5 Å². The number of para-hydroxylation sites is 1. The number of hydrogen-bond acceptors (Lipinski definition) is 5. The molecule has 246 valence electrons. The molecule has 0 amide bonds. The third kappa shape index (κ3) is 5.29. The summed E-state index contributed by atoms with van der Waals surface area (Å²) in [7, 11) is 0. The number of fused-ring (bicyclic) bond motifs is 5. The fourth-order valence-electron chi connectivity index (χ4n) is 7.40. The average Bonchev–Trinajstić information content (AvgIpc) is 3.62. The molecule has 0 aliphatic carbocycles. The minimum atomic E-state index is 0.581. The molecule has 5 nitrogen and oxygen atoms in total. The standard InChI is InChI=1S/C48H28N4O/c49-29-30-19-21-32(22-20-30)37-25-26-38(40-14-4-3-13-39(37)40)34-11-7-12-35(28-34)46-50-47(36-24-23-31-9-1-2-10-33(31)27-36)52-48(51-46)42-16-8-18-44-45(42)41-15-5-6-17-43(41)53-44/h1-28H. The molecule has 0 unspecified atom stereocenters. The molecule has 0 radical (unpaired) electrons. The average molecular weight is 677 g/mol. The highest BCUT2D eigenvalue weighted by Crippen LogP contribution is 2.39. The van der Waals surface area contributed by atoms with Crippen LogP contribution in [0.15, 0.2) is 174 Å². The van der Waals surface area contributed by atoms with Gasteiger partial charge in [0, 0.05) is 27.5 Å². The molecule has 10 aromatic rings. The lowest BCUT2D eigenvalue weighted by Crippen LogP contribution is -2.00. The van der Waals surface area contributed by atoms with Gasteiger partial charge in [0.25, 0.3) is 0 Å². The van der Waals surface area contributed by atoms with E-state index in [1.807, 2.05) is 66.7 Å². The van der Waals surface area contributed by atoms with E-state index >= 15 is 0 Å². The molecule has 2 aromatic heterocycles. The van der Waals surface area contributed by atoms with Crippen LogP contribution in [-0.2, 0) is 0 Å². The van der Waals surface area contributed by atoms with Crippen LogP contribution in [0.5, 0.6) is 0 Å². The van der Waals surface area contributed by atoms with Gasteiger partial charge in [-0.1, -0.05) is 133 Å². The molecule has 0 aliphatic heterocycles. The summed E-state index contributed by atoms with van der Waals surface area (Å²) in [5.41, 5.74) is 9.30. The van der Waals surface area contributed by atoms with Crippen molar-refractivity contribution >= 4 is 43.5 Å². The molecule has 2 heterocycles. The second-order valence-electron chi connectivity index (χ2n) is 13.1. The normalized spacial score (nSPS) is 11.4. The van der Waals surface area contributed by atoms with Crippen molar-refractivity contribution in [2.45, 2.75) is 0 Å². The van der Waals surface area contributed by atoms with E-state index < -0.39 is 0 Å². The van der Waals surface area contributed by atoms with Crippen molar-refractivity contribution in [2.75, 3.05) is 0 Å². The Morgan fingerprint density at radius 2 is 0.981 bits per heavy atom. The van der Waals surface area contributed by atoms with E-state index in [-0.39, 0.29) is 0 Å². The van der Waals surface area contributed by atoms with Gasteiger partial charge in [0.15, 0.2) is 17.5 Å². The van der Waals surface area contributed by atoms with Crippen LogP contribution in [0.3, 0.4) is 0 Å². The molecule has 0 N–H and O–H groups in total. The van der Waals surface area contributed by atoms with E-state index in [4.69, 9.17) is 19.4 Å². The third-order valence-electron chi connectivity index (χ3n) is 9.97. The van der Waals surface area contributed by atoms with Gasteiger partial charge in [-0.3, -0.25) is 0 Å². The largest absolute Gasteiger partial charge is 0.456 e. The van der Waals surface area contributed by atoms with E-state index in [0.717, 1.165) is 82.4 Å². The molecule has 0 saturated carbocycles. The highest BCUT2D eigenvalue weighted by molar-refractivity contribution is 6.12. The molecule has 0 spiro atoms. The van der Waals surface area contributed by atoms with E-state index in [2.05, 4.69) is 109 Å². The van der Waals surface area contributed by atoms with Gasteiger partial charge in [-0.2, -0.15) is 5.26 Å². The molecule has 0 atom stereocenters. The zero-order chi connectivity index (χ0) is 35.3. The van der Waals surface area contributed by atoms with E-state index in [0.29, 0.717) is 23.0 Å². The second-order valence-corrected chi connectivity index (χ2v) is 13.1. The van der Waals surface area contributed by atoms with Gasteiger partial charge < -0.3 is 4.42 Å². The Labute approximate surface area is 305 Å². The number of furan rings is 1. The van der Waals surface area contributed by atoms with Crippen LogP contribution in [0.4, 0.5) is 0 Å². The van der Waals surface area contributed by atoms with Gasteiger partial charge in [-0.25, -0.2) is 15.0 Å². The maximum Gasteiger partial charge on any atom is 0.164 e. The van der Waals surface area contributed by atoms with E-state index in [1.165, 1.54) is 0 Å². The summed E-state index contributed by atoms with van der Waals surface area (Å²) >= 11 is 0. The quantitative estimate of drug-likeness (QED) is 0.181. The molecule has 5 heteroatoms. The summed E-state index contributed by atoms with van der Waals surface area (Å²) in [5, 5.41) is 15.9. The summed E-state index contributed by atoms with van der Waals surface area (Å²) in [6.07, 6.45) is 0. The van der Waals surface area contributed by atoms with Crippen molar-refractivity contribution < 1.29 is 4.42 Å². The molecule has 0 saturated heterocycles. The Kier molecular flexibility index (Phi) is 7.12. The monoisotopic (exact) mass is 676 g/mol. The molecular formula is C48H28N4O. The van der Waals surface area contributed by atoms with Crippen LogP contribution >= 0.6 is 0 Å². The van der Waals surface area contributed by atoms with E-state index in [1.54, 1.807) is 0 Å². The minimum absolute atomic E-state index is 0.581. The van der Waals surface area contributed by atoms with Crippen molar-refractivity contribution in [2.24, 2.45) is 0 Å². The Hall–Kier alpha value is -7.42. The fraction of sp³-hybridized carbons (Fsp3) is 0. The fourth-order valence-corrected chi connectivity index (χ4v) is 7.40. The second kappa shape index (κ2) is 12.4. The number of hydrogen-bond donors (Lipinski definition) is 0. The van der Waals surface area contributed by atoms with Crippen molar-refractivity contribution in [3.63, 3.8) is 0 Å². The molecule has 8 aromatic carbocycles. The Morgan fingerprint density at radius 1 is 0.396 bits per heavy atom. The van der Waals surface area contributed by atoms with Crippen molar-refractivity contribution in [3.05, 3.63) is 175 Å². The Bertz CT molecular complexity index is 3080. The number of nitriles is 1. The maximum atomic E-state index is 9.33. The lowest BCUT2D eigenvalue weighted by Gasteiger charge is -2.14. The van der Waals surface area contributed by atoms with E-state index in [9.17, 15) is 5.26 Å². The lowest BCUT2D eigenvalue weighted by atomic mass is 9.91. The number of benzene rings is 8. The Morgan fingerprint density at radius 3 is 1.75 bits per heavy atom. The summed E-state index contributed by atoms with van der Waals surface area (Å²) in [4.78, 5) is 15.4. The van der Waals surface area contributed by atoms with Crippen molar-refractivity contribution in [1.82, 2.24) is 15.0 Å². The topological polar surface area (TPSA) is 75.6 Å². The van der Waals surface area contributed by atoms with Crippen molar-refractivity contribution in [1.29, 1.82) is 5.26 Å². The highest BCUT2D eigenvalue weighted by atomic mass is 16.3. The number of rotatable bonds is 5. The first kappa shape index (κ1) is 30.4. The smallest absolute Gasteiger partial charge is 0.164 e. The third-order valence-corrected chi connectivity index (χ3v) is 9.97. The van der Waals surface area contributed by atoms with Gasteiger partial charge in [-0.15, -0.1) is 0 Å². The summed E-state index contributed by atoms with van der Waals surface area (Å²) in [6.45, 7) is 0.